The molecule has 0 saturated carbocycles. The van der Waals surface area contributed by atoms with E-state index in [1.807, 2.05) is 6.07 Å². The maximum absolute atomic E-state index is 11.3. The molecule has 3 nitrogen and oxygen atoms in total. The van der Waals surface area contributed by atoms with E-state index in [-0.39, 0.29) is 5.56 Å². The van der Waals surface area contributed by atoms with Crippen molar-refractivity contribution in [1.29, 1.82) is 0 Å². The second-order valence-corrected chi connectivity index (χ2v) is 4.71. The number of aromatic nitrogens is 1. The normalized spacial score (nSPS) is 34.3. The van der Waals surface area contributed by atoms with Gasteiger partial charge in [0.2, 0.25) is 5.56 Å². The monoisotopic (exact) mass is 204 g/mol. The maximum Gasteiger partial charge on any atom is 0.248 e. The van der Waals surface area contributed by atoms with Gasteiger partial charge in [-0.05, 0) is 37.9 Å². The molecule has 1 unspecified atom stereocenters. The predicted molar refractivity (Wildman–Crippen MR) is 59.0 cm³/mol. The lowest BCUT2D eigenvalue weighted by Gasteiger charge is -2.44. The summed E-state index contributed by atoms with van der Waals surface area (Å²) in [5.74, 6) is 1.34. The minimum atomic E-state index is 0.0314. The number of piperidine rings is 3. The molecule has 1 aromatic heterocycles. The molecule has 0 aromatic carbocycles. The van der Waals surface area contributed by atoms with E-state index in [0.717, 1.165) is 18.2 Å². The van der Waals surface area contributed by atoms with Crippen molar-refractivity contribution in [2.75, 3.05) is 19.6 Å². The minimum absolute atomic E-state index is 0.0314. The van der Waals surface area contributed by atoms with E-state index >= 15 is 0 Å². The molecule has 3 saturated heterocycles. The van der Waals surface area contributed by atoms with Crippen molar-refractivity contribution in [3.8, 4) is 0 Å². The first kappa shape index (κ1) is 9.16. The second-order valence-electron chi connectivity index (χ2n) is 4.71. The van der Waals surface area contributed by atoms with E-state index in [9.17, 15) is 4.79 Å². The minimum Gasteiger partial charge on any atom is -0.326 e. The zero-order chi connectivity index (χ0) is 10.3. The summed E-state index contributed by atoms with van der Waals surface area (Å²) in [6.45, 7) is 3.63. The summed E-state index contributed by atoms with van der Waals surface area (Å²) >= 11 is 0. The molecule has 0 radical (unpaired) electrons. The lowest BCUT2D eigenvalue weighted by Crippen LogP contribution is -2.46. The Morgan fingerprint density at radius 2 is 2.07 bits per heavy atom. The van der Waals surface area contributed by atoms with E-state index in [2.05, 4.69) is 16.0 Å². The zero-order valence-electron chi connectivity index (χ0n) is 8.78. The van der Waals surface area contributed by atoms with E-state index < -0.39 is 0 Å². The molecule has 1 atom stereocenters. The predicted octanol–water partition coefficient (Wildman–Crippen LogP) is 1.18. The van der Waals surface area contributed by atoms with Crippen LogP contribution < -0.4 is 5.56 Å². The van der Waals surface area contributed by atoms with Crippen LogP contribution in [0.3, 0.4) is 0 Å². The quantitative estimate of drug-likeness (QED) is 0.745. The number of nitrogens with zero attached hydrogens (tertiary/aromatic N) is 1. The van der Waals surface area contributed by atoms with Gasteiger partial charge in [0.1, 0.15) is 0 Å². The number of hydrogen-bond acceptors (Lipinski definition) is 2. The Labute approximate surface area is 89.1 Å². The van der Waals surface area contributed by atoms with E-state index in [1.165, 1.54) is 25.9 Å². The van der Waals surface area contributed by atoms with Crippen LogP contribution in [0.25, 0.3) is 0 Å². The average molecular weight is 204 g/mol. The summed E-state index contributed by atoms with van der Waals surface area (Å²) in [5, 5.41) is 0. The van der Waals surface area contributed by atoms with Crippen LogP contribution >= 0.6 is 0 Å². The molecule has 1 aromatic rings. The Bertz CT molecular complexity index is 404. The molecule has 4 heterocycles. The molecule has 3 aliphatic heterocycles. The average Bonchev–Trinajstić information content (AvgIpc) is 2.30. The Morgan fingerprint density at radius 3 is 2.67 bits per heavy atom. The molecule has 0 amide bonds. The Kier molecular flexibility index (Phi) is 2.13. The van der Waals surface area contributed by atoms with Crippen LogP contribution in [-0.4, -0.2) is 29.5 Å². The standard InChI is InChI=1S/C12H16N2O/c15-12-3-1-2-11(13-12)10-8-14-6-4-9(10)5-7-14/h1-3,9-10H,4-8H2,(H,13,15). The van der Waals surface area contributed by atoms with E-state index in [0.29, 0.717) is 5.92 Å². The Balaban J connectivity index is 1.91. The van der Waals surface area contributed by atoms with Crippen molar-refractivity contribution >= 4 is 0 Å². The third kappa shape index (κ3) is 1.61. The SMILES string of the molecule is O=c1cccc(C2CN3CCC2CC3)[nH]1. The highest BCUT2D eigenvalue weighted by Crippen LogP contribution is 2.37. The number of hydrogen-bond donors (Lipinski definition) is 1. The Hall–Kier alpha value is -1.09. The lowest BCUT2D eigenvalue weighted by molar-refractivity contribution is 0.0853. The maximum atomic E-state index is 11.3. The van der Waals surface area contributed by atoms with Crippen LogP contribution in [0, 0.1) is 5.92 Å². The van der Waals surface area contributed by atoms with Crippen molar-refractivity contribution in [3.05, 3.63) is 34.2 Å². The molecule has 80 valence electrons. The van der Waals surface area contributed by atoms with Crippen molar-refractivity contribution in [3.63, 3.8) is 0 Å². The van der Waals surface area contributed by atoms with E-state index in [1.54, 1.807) is 6.07 Å². The smallest absolute Gasteiger partial charge is 0.248 e. The van der Waals surface area contributed by atoms with E-state index in [4.69, 9.17) is 0 Å². The fourth-order valence-corrected chi connectivity index (χ4v) is 3.00. The summed E-state index contributed by atoms with van der Waals surface area (Å²) < 4.78 is 0. The number of fused-ring (bicyclic) bond motifs is 3. The van der Waals surface area contributed by atoms with Crippen molar-refractivity contribution < 1.29 is 0 Å². The van der Waals surface area contributed by atoms with Crippen LogP contribution in [-0.2, 0) is 0 Å². The summed E-state index contributed by atoms with van der Waals surface area (Å²) in [6, 6.07) is 5.52. The van der Waals surface area contributed by atoms with Gasteiger partial charge in [-0.1, -0.05) is 6.07 Å². The van der Waals surface area contributed by atoms with Crippen LogP contribution in [0.2, 0.25) is 0 Å². The largest absolute Gasteiger partial charge is 0.326 e. The number of nitrogens with one attached hydrogen (secondary N) is 1. The van der Waals surface area contributed by atoms with Crippen LogP contribution in [0.1, 0.15) is 24.5 Å². The molecule has 0 aliphatic carbocycles. The first-order valence-electron chi connectivity index (χ1n) is 5.74. The van der Waals surface area contributed by atoms with Crippen molar-refractivity contribution in [2.24, 2.45) is 5.92 Å². The molecule has 0 spiro atoms. The number of aromatic amines is 1. The van der Waals surface area contributed by atoms with Crippen LogP contribution in [0.5, 0.6) is 0 Å². The van der Waals surface area contributed by atoms with Crippen molar-refractivity contribution in [1.82, 2.24) is 9.88 Å². The molecular weight excluding hydrogens is 188 g/mol. The van der Waals surface area contributed by atoms with Gasteiger partial charge < -0.3 is 9.88 Å². The number of rotatable bonds is 1. The Morgan fingerprint density at radius 1 is 1.27 bits per heavy atom. The fourth-order valence-electron chi connectivity index (χ4n) is 3.00. The lowest BCUT2D eigenvalue weighted by atomic mass is 9.77. The van der Waals surface area contributed by atoms with Crippen LogP contribution in [0.4, 0.5) is 0 Å². The highest BCUT2D eigenvalue weighted by Gasteiger charge is 2.35. The highest BCUT2D eigenvalue weighted by molar-refractivity contribution is 5.14. The molecule has 2 bridgehead atoms. The third-order valence-electron chi connectivity index (χ3n) is 3.85. The summed E-state index contributed by atoms with van der Waals surface area (Å²) in [5.41, 5.74) is 1.17. The number of H-pyrrole nitrogens is 1. The number of pyridine rings is 1. The highest BCUT2D eigenvalue weighted by atomic mass is 16.1. The van der Waals surface area contributed by atoms with Gasteiger partial charge in [-0.3, -0.25) is 4.79 Å². The molecule has 4 rings (SSSR count). The van der Waals surface area contributed by atoms with Gasteiger partial charge in [0.25, 0.3) is 0 Å². The molecule has 3 heteroatoms. The molecule has 15 heavy (non-hydrogen) atoms. The fraction of sp³-hybridized carbons (Fsp3) is 0.583. The summed E-state index contributed by atoms with van der Waals surface area (Å²) in [7, 11) is 0. The second kappa shape index (κ2) is 3.49. The van der Waals surface area contributed by atoms with Gasteiger partial charge in [0.15, 0.2) is 0 Å². The van der Waals surface area contributed by atoms with Gasteiger partial charge >= 0.3 is 0 Å². The molecule has 3 fully saturated rings. The van der Waals surface area contributed by atoms with Gasteiger partial charge in [-0.15, -0.1) is 0 Å². The van der Waals surface area contributed by atoms with Gasteiger partial charge in [0.05, 0.1) is 0 Å². The van der Waals surface area contributed by atoms with Gasteiger partial charge in [0, 0.05) is 24.2 Å². The van der Waals surface area contributed by atoms with Crippen molar-refractivity contribution in [2.45, 2.75) is 18.8 Å². The molecule has 1 N–H and O–H groups in total. The molecule has 3 aliphatic rings. The van der Waals surface area contributed by atoms with Crippen LogP contribution in [0.15, 0.2) is 23.0 Å². The summed E-state index contributed by atoms with van der Waals surface area (Å²) in [6.07, 6.45) is 2.59. The first-order valence-corrected chi connectivity index (χ1v) is 5.74. The molecular formula is C12H16N2O. The zero-order valence-corrected chi connectivity index (χ0v) is 8.78. The summed E-state index contributed by atoms with van der Waals surface area (Å²) in [4.78, 5) is 16.8. The first-order chi connectivity index (χ1) is 7.33. The van der Waals surface area contributed by atoms with Gasteiger partial charge in [-0.25, -0.2) is 0 Å². The van der Waals surface area contributed by atoms with Gasteiger partial charge in [-0.2, -0.15) is 0 Å². The third-order valence-corrected chi connectivity index (χ3v) is 3.85. The topological polar surface area (TPSA) is 36.1 Å².